The van der Waals surface area contributed by atoms with E-state index in [1.54, 1.807) is 0 Å². The van der Waals surface area contributed by atoms with Crippen molar-refractivity contribution in [1.29, 1.82) is 0 Å². The number of benzene rings is 1. The Bertz CT molecular complexity index is 546. The van der Waals surface area contributed by atoms with Crippen LogP contribution >= 0.6 is 0 Å². The second-order valence-electron chi connectivity index (χ2n) is 4.57. The largest absolute Gasteiger partial charge is 0.399 e. The number of rotatable bonds is 1. The van der Waals surface area contributed by atoms with Gasteiger partial charge in [0.15, 0.2) is 0 Å². The van der Waals surface area contributed by atoms with Gasteiger partial charge in [0, 0.05) is 25.3 Å². The van der Waals surface area contributed by atoms with Gasteiger partial charge in [-0.1, -0.05) is 0 Å². The van der Waals surface area contributed by atoms with Gasteiger partial charge in [-0.15, -0.1) is 0 Å². The Balaban J connectivity index is 1.94. The molecule has 5 heteroatoms. The lowest BCUT2D eigenvalue weighted by molar-refractivity contribution is 0.724. The van der Waals surface area contributed by atoms with E-state index in [-0.39, 0.29) is 0 Å². The number of hydrogen-bond donors (Lipinski definition) is 2. The Morgan fingerprint density at radius 1 is 1.17 bits per heavy atom. The summed E-state index contributed by atoms with van der Waals surface area (Å²) in [4.78, 5) is 11.4. The molecule has 0 spiro atoms. The van der Waals surface area contributed by atoms with E-state index in [1.807, 2.05) is 24.4 Å². The second-order valence-corrected chi connectivity index (χ2v) is 4.57. The van der Waals surface area contributed by atoms with Crippen LogP contribution in [-0.2, 0) is 0 Å². The summed E-state index contributed by atoms with van der Waals surface area (Å²) in [7, 11) is 0. The van der Waals surface area contributed by atoms with Gasteiger partial charge in [-0.25, -0.2) is 4.98 Å². The lowest BCUT2D eigenvalue weighted by Gasteiger charge is -2.20. The zero-order valence-corrected chi connectivity index (χ0v) is 10.3. The third-order valence-corrected chi connectivity index (χ3v) is 3.22. The maximum Gasteiger partial charge on any atom is 0.147 e. The lowest BCUT2D eigenvalue weighted by Crippen LogP contribution is -2.28. The van der Waals surface area contributed by atoms with Gasteiger partial charge in [0.2, 0.25) is 0 Å². The van der Waals surface area contributed by atoms with Crippen molar-refractivity contribution in [3.63, 3.8) is 0 Å². The molecule has 0 saturated carbocycles. The average Bonchev–Trinajstić information content (AvgIpc) is 2.67. The Kier molecular flexibility index (Phi) is 2.98. The Morgan fingerprint density at radius 3 is 3.06 bits per heavy atom. The summed E-state index contributed by atoms with van der Waals surface area (Å²) in [5, 5.41) is 3.39. The second kappa shape index (κ2) is 4.78. The molecular weight excluding hydrogens is 226 g/mol. The highest BCUT2D eigenvalue weighted by Crippen LogP contribution is 2.18. The molecule has 5 nitrogen and oxygen atoms in total. The molecule has 0 atom stereocenters. The average molecular weight is 243 g/mol. The Hall–Kier alpha value is -1.88. The third kappa shape index (κ3) is 2.22. The van der Waals surface area contributed by atoms with E-state index < -0.39 is 0 Å². The van der Waals surface area contributed by atoms with E-state index in [4.69, 9.17) is 5.73 Å². The van der Waals surface area contributed by atoms with Crippen LogP contribution in [0.1, 0.15) is 6.42 Å². The molecule has 1 fully saturated rings. The van der Waals surface area contributed by atoms with Gasteiger partial charge in [0.25, 0.3) is 0 Å². The van der Waals surface area contributed by atoms with Crippen molar-refractivity contribution in [2.24, 2.45) is 0 Å². The number of nitrogens with one attached hydrogen (secondary N) is 1. The molecule has 0 radical (unpaired) electrons. The van der Waals surface area contributed by atoms with Gasteiger partial charge < -0.3 is 16.0 Å². The van der Waals surface area contributed by atoms with Crippen molar-refractivity contribution in [3.05, 3.63) is 24.4 Å². The van der Waals surface area contributed by atoms with Crippen molar-refractivity contribution < 1.29 is 0 Å². The highest BCUT2D eigenvalue weighted by molar-refractivity contribution is 5.79. The van der Waals surface area contributed by atoms with E-state index in [2.05, 4.69) is 20.2 Å². The number of fused-ring (bicyclic) bond motifs is 1. The smallest absolute Gasteiger partial charge is 0.147 e. The van der Waals surface area contributed by atoms with Crippen LogP contribution in [0.25, 0.3) is 11.0 Å². The van der Waals surface area contributed by atoms with Crippen LogP contribution in [0.15, 0.2) is 24.4 Å². The first kappa shape index (κ1) is 11.2. The fraction of sp³-hybridized carbons (Fsp3) is 0.385. The number of nitrogen functional groups attached to an aromatic ring is 1. The number of anilines is 2. The third-order valence-electron chi connectivity index (χ3n) is 3.22. The molecule has 0 amide bonds. The van der Waals surface area contributed by atoms with Crippen molar-refractivity contribution in [1.82, 2.24) is 15.3 Å². The van der Waals surface area contributed by atoms with Gasteiger partial charge in [-0.05, 0) is 31.2 Å². The molecule has 2 aromatic rings. The van der Waals surface area contributed by atoms with Crippen LogP contribution in [0.5, 0.6) is 0 Å². The number of hydrogen-bond acceptors (Lipinski definition) is 5. The molecule has 1 saturated heterocycles. The summed E-state index contributed by atoms with van der Waals surface area (Å²) < 4.78 is 0. The number of aromatic nitrogens is 2. The van der Waals surface area contributed by atoms with E-state index in [1.165, 1.54) is 0 Å². The summed E-state index contributed by atoms with van der Waals surface area (Å²) in [6, 6.07) is 5.65. The van der Waals surface area contributed by atoms with Crippen LogP contribution in [0.4, 0.5) is 11.5 Å². The van der Waals surface area contributed by atoms with Gasteiger partial charge in [-0.2, -0.15) is 0 Å². The number of nitrogens with two attached hydrogens (primary N) is 1. The highest BCUT2D eigenvalue weighted by Gasteiger charge is 2.11. The first-order valence-corrected chi connectivity index (χ1v) is 6.31. The monoisotopic (exact) mass is 243 g/mol. The molecule has 1 aromatic carbocycles. The molecule has 3 N–H and O–H groups in total. The summed E-state index contributed by atoms with van der Waals surface area (Å²) in [5.74, 6) is 0.955. The minimum atomic E-state index is 0.725. The molecular formula is C13H17N5. The lowest BCUT2D eigenvalue weighted by atomic mass is 10.2. The highest BCUT2D eigenvalue weighted by atomic mass is 15.2. The fourth-order valence-corrected chi connectivity index (χ4v) is 2.25. The van der Waals surface area contributed by atoms with Gasteiger partial charge >= 0.3 is 0 Å². The summed E-state index contributed by atoms with van der Waals surface area (Å²) in [6.07, 6.45) is 2.98. The Labute approximate surface area is 106 Å². The zero-order chi connectivity index (χ0) is 12.4. The van der Waals surface area contributed by atoms with Crippen molar-refractivity contribution in [2.75, 3.05) is 36.8 Å². The van der Waals surface area contributed by atoms with Crippen molar-refractivity contribution >= 4 is 22.5 Å². The molecule has 0 unspecified atom stereocenters. The standard InChI is InChI=1S/C13H17N5/c14-10-2-3-11-12(8-10)16-9-13(17-11)18-6-1-4-15-5-7-18/h2-3,8-9,15H,1,4-7,14H2. The minimum absolute atomic E-state index is 0.725. The Morgan fingerprint density at radius 2 is 2.11 bits per heavy atom. The SMILES string of the molecule is Nc1ccc2nc(N3CCCNCC3)cnc2c1. The minimum Gasteiger partial charge on any atom is -0.399 e. The molecule has 1 aliphatic heterocycles. The molecule has 2 heterocycles. The fourth-order valence-electron chi connectivity index (χ4n) is 2.25. The molecule has 0 bridgehead atoms. The van der Waals surface area contributed by atoms with Gasteiger partial charge in [-0.3, -0.25) is 4.98 Å². The van der Waals surface area contributed by atoms with Crippen LogP contribution in [0.3, 0.4) is 0 Å². The first-order valence-electron chi connectivity index (χ1n) is 6.31. The zero-order valence-electron chi connectivity index (χ0n) is 10.3. The van der Waals surface area contributed by atoms with Crippen molar-refractivity contribution in [3.8, 4) is 0 Å². The van der Waals surface area contributed by atoms with Crippen LogP contribution in [0, 0.1) is 0 Å². The van der Waals surface area contributed by atoms with Gasteiger partial charge in [0.1, 0.15) is 5.82 Å². The topological polar surface area (TPSA) is 67.1 Å². The van der Waals surface area contributed by atoms with Gasteiger partial charge in [0.05, 0.1) is 17.2 Å². The number of nitrogens with zero attached hydrogens (tertiary/aromatic N) is 3. The predicted molar refractivity (Wildman–Crippen MR) is 73.7 cm³/mol. The quantitative estimate of drug-likeness (QED) is 0.732. The van der Waals surface area contributed by atoms with E-state index in [0.717, 1.165) is 55.1 Å². The van der Waals surface area contributed by atoms with E-state index in [9.17, 15) is 0 Å². The van der Waals surface area contributed by atoms with Crippen LogP contribution in [0.2, 0.25) is 0 Å². The van der Waals surface area contributed by atoms with Crippen LogP contribution < -0.4 is 16.0 Å². The maximum absolute atomic E-state index is 5.74. The first-order chi connectivity index (χ1) is 8.83. The molecule has 18 heavy (non-hydrogen) atoms. The van der Waals surface area contributed by atoms with Crippen molar-refractivity contribution in [2.45, 2.75) is 6.42 Å². The molecule has 1 aromatic heterocycles. The summed E-state index contributed by atoms with van der Waals surface area (Å²) in [6.45, 7) is 4.09. The molecule has 3 rings (SSSR count). The maximum atomic E-state index is 5.74. The van der Waals surface area contributed by atoms with E-state index >= 15 is 0 Å². The molecule has 1 aliphatic rings. The predicted octanol–water partition coefficient (Wildman–Crippen LogP) is 1.01. The summed E-state index contributed by atoms with van der Waals surface area (Å²) in [5.41, 5.74) is 8.22. The molecule has 94 valence electrons. The summed E-state index contributed by atoms with van der Waals surface area (Å²) >= 11 is 0. The van der Waals surface area contributed by atoms with E-state index in [0.29, 0.717) is 0 Å². The normalized spacial score (nSPS) is 16.8. The molecule has 0 aliphatic carbocycles. The van der Waals surface area contributed by atoms with Crippen LogP contribution in [-0.4, -0.2) is 36.1 Å².